The summed E-state index contributed by atoms with van der Waals surface area (Å²) in [5.41, 5.74) is 1.26. The first-order valence-corrected chi connectivity index (χ1v) is 10.9. The zero-order valence-corrected chi connectivity index (χ0v) is 18.1. The Morgan fingerprint density at radius 2 is 1.90 bits per heavy atom. The van der Waals surface area contributed by atoms with Gasteiger partial charge >= 0.3 is 0 Å². The molecule has 7 nitrogen and oxygen atoms in total. The molecule has 0 atom stereocenters. The summed E-state index contributed by atoms with van der Waals surface area (Å²) in [6.45, 7) is 3.44. The van der Waals surface area contributed by atoms with E-state index in [9.17, 15) is 9.59 Å². The monoisotopic (exact) mass is 443 g/mol. The summed E-state index contributed by atoms with van der Waals surface area (Å²) in [5, 5.41) is 3.26. The Kier molecular flexibility index (Phi) is 6.94. The van der Waals surface area contributed by atoms with Gasteiger partial charge in [-0.3, -0.25) is 9.59 Å². The Balaban J connectivity index is 1.39. The van der Waals surface area contributed by atoms with E-state index in [-0.39, 0.29) is 25.0 Å². The molecule has 0 unspecified atom stereocenters. The molecule has 0 saturated carbocycles. The van der Waals surface area contributed by atoms with Crippen molar-refractivity contribution in [1.82, 2.24) is 4.90 Å². The molecule has 2 aliphatic rings. The van der Waals surface area contributed by atoms with Crippen LogP contribution in [0.3, 0.4) is 0 Å². The van der Waals surface area contributed by atoms with E-state index >= 15 is 0 Å². The van der Waals surface area contributed by atoms with Gasteiger partial charge in [-0.25, -0.2) is 0 Å². The van der Waals surface area contributed by atoms with Crippen molar-refractivity contribution in [2.24, 2.45) is 0 Å². The number of benzene rings is 2. The minimum Gasteiger partial charge on any atom is -0.482 e. The summed E-state index contributed by atoms with van der Waals surface area (Å²) in [7, 11) is 0. The van der Waals surface area contributed by atoms with Gasteiger partial charge in [0.1, 0.15) is 11.5 Å². The summed E-state index contributed by atoms with van der Waals surface area (Å²) in [6.07, 6.45) is 3.69. The SMILES string of the molecule is O=C(COc1ccccc1Cl)Nc1ccc2c(c1)N(CCN1CCCCC1)C(=O)CO2. The van der Waals surface area contributed by atoms with Gasteiger partial charge in [0.15, 0.2) is 13.2 Å². The smallest absolute Gasteiger partial charge is 0.265 e. The quantitative estimate of drug-likeness (QED) is 0.708. The number of nitrogens with zero attached hydrogens (tertiary/aromatic N) is 2. The van der Waals surface area contributed by atoms with Crippen LogP contribution < -0.4 is 19.7 Å². The Labute approximate surface area is 186 Å². The number of carbonyl (C=O) groups excluding carboxylic acids is 2. The molecule has 2 aliphatic heterocycles. The fourth-order valence-electron chi connectivity index (χ4n) is 3.85. The highest BCUT2D eigenvalue weighted by molar-refractivity contribution is 6.32. The van der Waals surface area contributed by atoms with Crippen molar-refractivity contribution in [2.75, 3.05) is 49.6 Å². The molecule has 2 aromatic carbocycles. The third-order valence-electron chi connectivity index (χ3n) is 5.47. The number of hydrogen-bond acceptors (Lipinski definition) is 5. The molecule has 0 aliphatic carbocycles. The van der Waals surface area contributed by atoms with Gasteiger partial charge < -0.3 is 24.6 Å². The number of piperidine rings is 1. The van der Waals surface area contributed by atoms with Gasteiger partial charge in [0.05, 0.1) is 10.7 Å². The van der Waals surface area contributed by atoms with Crippen LogP contribution in [-0.4, -0.2) is 56.1 Å². The van der Waals surface area contributed by atoms with E-state index in [0.29, 0.717) is 34.4 Å². The third kappa shape index (κ3) is 5.48. The van der Waals surface area contributed by atoms with Gasteiger partial charge in [0.2, 0.25) is 0 Å². The van der Waals surface area contributed by atoms with Gasteiger partial charge in [-0.05, 0) is 56.3 Å². The van der Waals surface area contributed by atoms with Crippen LogP contribution in [0.25, 0.3) is 0 Å². The Bertz CT molecular complexity index is 946. The maximum Gasteiger partial charge on any atom is 0.265 e. The summed E-state index contributed by atoms with van der Waals surface area (Å²) in [5.74, 6) is 0.703. The summed E-state index contributed by atoms with van der Waals surface area (Å²) < 4.78 is 11.1. The van der Waals surface area contributed by atoms with Crippen molar-refractivity contribution in [3.05, 3.63) is 47.5 Å². The number of para-hydroxylation sites is 1. The number of carbonyl (C=O) groups is 2. The lowest BCUT2D eigenvalue weighted by atomic mass is 10.1. The highest BCUT2D eigenvalue weighted by Crippen LogP contribution is 2.34. The van der Waals surface area contributed by atoms with Crippen LogP contribution >= 0.6 is 11.6 Å². The van der Waals surface area contributed by atoms with Gasteiger partial charge in [0, 0.05) is 18.8 Å². The molecule has 2 amide bonds. The van der Waals surface area contributed by atoms with E-state index in [2.05, 4.69) is 10.2 Å². The van der Waals surface area contributed by atoms with Crippen molar-refractivity contribution in [3.8, 4) is 11.5 Å². The average molecular weight is 444 g/mol. The molecule has 2 heterocycles. The fraction of sp³-hybridized carbons (Fsp3) is 0.391. The minimum atomic E-state index is -0.317. The maximum absolute atomic E-state index is 12.5. The molecule has 8 heteroatoms. The molecule has 0 spiro atoms. The van der Waals surface area contributed by atoms with Crippen molar-refractivity contribution in [2.45, 2.75) is 19.3 Å². The topological polar surface area (TPSA) is 71.1 Å². The Morgan fingerprint density at radius 3 is 2.71 bits per heavy atom. The number of amides is 2. The summed E-state index contributed by atoms with van der Waals surface area (Å²) in [4.78, 5) is 29.0. The molecular formula is C23H26ClN3O4. The largest absolute Gasteiger partial charge is 0.482 e. The molecular weight excluding hydrogens is 418 g/mol. The zero-order chi connectivity index (χ0) is 21.6. The molecule has 0 bridgehead atoms. The minimum absolute atomic E-state index is 0.0321. The van der Waals surface area contributed by atoms with E-state index in [1.54, 1.807) is 47.4 Å². The second-order valence-electron chi connectivity index (χ2n) is 7.69. The average Bonchev–Trinajstić information content (AvgIpc) is 2.78. The van der Waals surface area contributed by atoms with Crippen LogP contribution in [0.5, 0.6) is 11.5 Å². The lowest BCUT2D eigenvalue weighted by Crippen LogP contribution is -2.44. The molecule has 0 aromatic heterocycles. The Morgan fingerprint density at radius 1 is 1.10 bits per heavy atom. The number of hydrogen-bond donors (Lipinski definition) is 1. The molecule has 4 rings (SSSR count). The summed E-state index contributed by atoms with van der Waals surface area (Å²) >= 11 is 6.05. The van der Waals surface area contributed by atoms with E-state index in [1.807, 2.05) is 0 Å². The standard InChI is InChI=1S/C23H26ClN3O4/c24-18-6-2-3-7-20(18)30-15-22(28)25-17-8-9-21-19(14-17)27(23(29)16-31-21)13-12-26-10-4-1-5-11-26/h2-3,6-9,14H,1,4-5,10-13,15-16H2,(H,25,28). The first kappa shape index (κ1) is 21.5. The first-order chi connectivity index (χ1) is 15.1. The second-order valence-corrected chi connectivity index (χ2v) is 8.09. The number of ether oxygens (including phenoxy) is 2. The third-order valence-corrected chi connectivity index (χ3v) is 5.78. The van der Waals surface area contributed by atoms with E-state index in [1.165, 1.54) is 19.3 Å². The molecule has 31 heavy (non-hydrogen) atoms. The first-order valence-electron chi connectivity index (χ1n) is 10.6. The van der Waals surface area contributed by atoms with Gasteiger partial charge in [-0.1, -0.05) is 30.2 Å². The van der Waals surface area contributed by atoms with Crippen LogP contribution in [0.4, 0.5) is 11.4 Å². The molecule has 1 fully saturated rings. The number of rotatable bonds is 7. The molecule has 164 valence electrons. The van der Waals surface area contributed by atoms with Crippen LogP contribution in [0, 0.1) is 0 Å². The van der Waals surface area contributed by atoms with Crippen LogP contribution in [0.15, 0.2) is 42.5 Å². The summed E-state index contributed by atoms with van der Waals surface area (Å²) in [6, 6.07) is 12.3. The van der Waals surface area contributed by atoms with Crippen LogP contribution in [0.2, 0.25) is 5.02 Å². The fourth-order valence-corrected chi connectivity index (χ4v) is 4.04. The van der Waals surface area contributed by atoms with Crippen molar-refractivity contribution in [3.63, 3.8) is 0 Å². The van der Waals surface area contributed by atoms with Crippen molar-refractivity contribution in [1.29, 1.82) is 0 Å². The molecule has 1 saturated heterocycles. The molecule has 0 radical (unpaired) electrons. The zero-order valence-electron chi connectivity index (χ0n) is 17.3. The highest BCUT2D eigenvalue weighted by Gasteiger charge is 2.26. The Hall–Kier alpha value is -2.77. The van der Waals surface area contributed by atoms with E-state index in [0.717, 1.165) is 19.6 Å². The second kappa shape index (κ2) is 10.0. The normalized spacial score (nSPS) is 16.4. The predicted octanol–water partition coefficient (Wildman–Crippen LogP) is 3.57. The lowest BCUT2D eigenvalue weighted by Gasteiger charge is -2.33. The number of halogens is 1. The van der Waals surface area contributed by atoms with E-state index in [4.69, 9.17) is 21.1 Å². The highest BCUT2D eigenvalue weighted by atomic mass is 35.5. The van der Waals surface area contributed by atoms with Crippen LogP contribution in [-0.2, 0) is 9.59 Å². The molecule has 2 aromatic rings. The molecule has 1 N–H and O–H groups in total. The number of anilines is 2. The van der Waals surface area contributed by atoms with Gasteiger partial charge in [0.25, 0.3) is 11.8 Å². The maximum atomic E-state index is 12.5. The van der Waals surface area contributed by atoms with E-state index < -0.39 is 0 Å². The van der Waals surface area contributed by atoms with Crippen LogP contribution in [0.1, 0.15) is 19.3 Å². The lowest BCUT2D eigenvalue weighted by molar-refractivity contribution is -0.121. The van der Waals surface area contributed by atoms with Gasteiger partial charge in [-0.15, -0.1) is 0 Å². The number of nitrogens with one attached hydrogen (secondary N) is 1. The number of fused-ring (bicyclic) bond motifs is 1. The predicted molar refractivity (Wildman–Crippen MR) is 120 cm³/mol. The number of likely N-dealkylation sites (tertiary alicyclic amines) is 1. The van der Waals surface area contributed by atoms with Crippen molar-refractivity contribution >= 4 is 34.8 Å². The van der Waals surface area contributed by atoms with Crippen molar-refractivity contribution < 1.29 is 19.1 Å². The van der Waals surface area contributed by atoms with Gasteiger partial charge in [-0.2, -0.15) is 0 Å².